The van der Waals surface area contributed by atoms with Crippen molar-refractivity contribution in [3.05, 3.63) is 72.6 Å². The van der Waals surface area contributed by atoms with Crippen LogP contribution in [0.2, 0.25) is 0 Å². The van der Waals surface area contributed by atoms with Gasteiger partial charge in [0.2, 0.25) is 5.91 Å². The molecular formula is C22H25N3O2. The summed E-state index contributed by atoms with van der Waals surface area (Å²) in [6, 6.07) is 15.8. The molecule has 0 aliphatic carbocycles. The van der Waals surface area contributed by atoms with E-state index in [-0.39, 0.29) is 5.91 Å². The Kier molecular flexibility index (Phi) is 5.91. The zero-order valence-corrected chi connectivity index (χ0v) is 15.9. The van der Waals surface area contributed by atoms with Crippen molar-refractivity contribution in [3.8, 4) is 5.75 Å². The van der Waals surface area contributed by atoms with Gasteiger partial charge < -0.3 is 14.2 Å². The third-order valence-electron chi connectivity index (χ3n) is 4.60. The van der Waals surface area contributed by atoms with Crippen molar-refractivity contribution >= 4 is 16.9 Å². The Hall–Kier alpha value is -3.08. The molecule has 1 heterocycles. The molecule has 3 aromatic rings. The average Bonchev–Trinajstić information content (AvgIpc) is 3.01. The van der Waals surface area contributed by atoms with Gasteiger partial charge in [0.25, 0.3) is 0 Å². The molecule has 0 N–H and O–H groups in total. The van der Waals surface area contributed by atoms with Crippen molar-refractivity contribution in [1.29, 1.82) is 0 Å². The molecule has 0 radical (unpaired) electrons. The Bertz CT molecular complexity index is 946. The molecule has 5 heteroatoms. The number of aromatic nitrogens is 2. The molecule has 2 aromatic carbocycles. The van der Waals surface area contributed by atoms with Gasteiger partial charge in [0, 0.05) is 26.1 Å². The number of carbonyl (C=O) groups is 1. The first-order chi connectivity index (χ1) is 13.1. The standard InChI is InChI=1S/C22H25N3O2/c1-4-13-24(16-18-8-7-9-19(15-18)27-3)22(26)12-14-25-17(2)23-20-10-5-6-11-21(20)25/h4-11,15H,1,12-14,16H2,2-3H3. The molecule has 0 atom stereocenters. The number of aryl methyl sites for hydroxylation is 2. The average molecular weight is 363 g/mol. The smallest absolute Gasteiger partial charge is 0.224 e. The number of benzene rings is 2. The summed E-state index contributed by atoms with van der Waals surface area (Å²) in [5.41, 5.74) is 3.06. The number of ether oxygens (including phenoxy) is 1. The summed E-state index contributed by atoms with van der Waals surface area (Å²) in [6.45, 7) is 7.42. The molecule has 0 fully saturated rings. The van der Waals surface area contributed by atoms with Crippen LogP contribution in [0.1, 0.15) is 17.8 Å². The number of nitrogens with zero attached hydrogens (tertiary/aromatic N) is 3. The van der Waals surface area contributed by atoms with Gasteiger partial charge in [-0.25, -0.2) is 4.98 Å². The molecule has 1 amide bonds. The quantitative estimate of drug-likeness (QED) is 0.569. The fourth-order valence-electron chi connectivity index (χ4n) is 3.25. The molecule has 0 saturated heterocycles. The molecule has 0 bridgehead atoms. The van der Waals surface area contributed by atoms with Gasteiger partial charge in [0.1, 0.15) is 11.6 Å². The predicted octanol–water partition coefficient (Wildman–Crippen LogP) is 3.96. The summed E-state index contributed by atoms with van der Waals surface area (Å²) in [7, 11) is 1.64. The Morgan fingerprint density at radius 1 is 1.26 bits per heavy atom. The lowest BCUT2D eigenvalue weighted by atomic mass is 10.2. The molecule has 3 rings (SSSR count). The molecule has 0 unspecified atom stereocenters. The van der Waals surface area contributed by atoms with Crippen LogP contribution in [0.5, 0.6) is 5.75 Å². The highest BCUT2D eigenvalue weighted by atomic mass is 16.5. The zero-order valence-electron chi connectivity index (χ0n) is 15.9. The van der Waals surface area contributed by atoms with E-state index in [0.29, 0.717) is 26.1 Å². The minimum Gasteiger partial charge on any atom is -0.497 e. The number of amides is 1. The number of imidazole rings is 1. The van der Waals surface area contributed by atoms with E-state index in [4.69, 9.17) is 4.74 Å². The molecule has 0 aliphatic heterocycles. The van der Waals surface area contributed by atoms with Gasteiger partial charge in [0.05, 0.1) is 18.1 Å². The van der Waals surface area contributed by atoms with Gasteiger partial charge in [-0.3, -0.25) is 4.79 Å². The van der Waals surface area contributed by atoms with Crippen LogP contribution in [-0.4, -0.2) is 34.0 Å². The van der Waals surface area contributed by atoms with Crippen molar-refractivity contribution in [2.45, 2.75) is 26.4 Å². The van der Waals surface area contributed by atoms with E-state index in [1.54, 1.807) is 13.2 Å². The first kappa shape index (κ1) is 18.7. The first-order valence-electron chi connectivity index (χ1n) is 9.06. The first-order valence-corrected chi connectivity index (χ1v) is 9.06. The number of fused-ring (bicyclic) bond motifs is 1. The fraction of sp³-hybridized carbons (Fsp3) is 0.273. The summed E-state index contributed by atoms with van der Waals surface area (Å²) < 4.78 is 7.38. The van der Waals surface area contributed by atoms with Crippen LogP contribution in [0.15, 0.2) is 61.2 Å². The third-order valence-corrected chi connectivity index (χ3v) is 4.60. The zero-order chi connectivity index (χ0) is 19.2. The highest BCUT2D eigenvalue weighted by Gasteiger charge is 2.15. The summed E-state index contributed by atoms with van der Waals surface area (Å²) in [6.07, 6.45) is 2.18. The van der Waals surface area contributed by atoms with Gasteiger partial charge in [-0.2, -0.15) is 0 Å². The van der Waals surface area contributed by atoms with E-state index in [2.05, 4.69) is 16.1 Å². The van der Waals surface area contributed by atoms with Gasteiger partial charge in [-0.05, 0) is 36.8 Å². The van der Waals surface area contributed by atoms with Crippen molar-refractivity contribution in [2.75, 3.05) is 13.7 Å². The van der Waals surface area contributed by atoms with Crippen LogP contribution < -0.4 is 4.74 Å². The van der Waals surface area contributed by atoms with E-state index < -0.39 is 0 Å². The topological polar surface area (TPSA) is 47.4 Å². The normalized spacial score (nSPS) is 10.7. The maximum absolute atomic E-state index is 12.8. The van der Waals surface area contributed by atoms with Crippen LogP contribution in [0.25, 0.3) is 11.0 Å². The molecule has 0 saturated carbocycles. The van der Waals surface area contributed by atoms with E-state index in [9.17, 15) is 4.79 Å². The highest BCUT2D eigenvalue weighted by Crippen LogP contribution is 2.17. The number of hydrogen-bond acceptors (Lipinski definition) is 3. The third kappa shape index (κ3) is 4.37. The molecule has 140 valence electrons. The second-order valence-corrected chi connectivity index (χ2v) is 6.46. The maximum atomic E-state index is 12.8. The van der Waals surface area contributed by atoms with Crippen molar-refractivity contribution in [2.24, 2.45) is 0 Å². The van der Waals surface area contributed by atoms with Crippen LogP contribution in [0.4, 0.5) is 0 Å². The van der Waals surface area contributed by atoms with E-state index in [0.717, 1.165) is 28.2 Å². The summed E-state index contributed by atoms with van der Waals surface area (Å²) in [4.78, 5) is 19.2. The number of methoxy groups -OCH3 is 1. The summed E-state index contributed by atoms with van der Waals surface area (Å²) in [5, 5.41) is 0. The van der Waals surface area contributed by atoms with Crippen molar-refractivity contribution in [1.82, 2.24) is 14.5 Å². The van der Waals surface area contributed by atoms with E-state index in [1.807, 2.05) is 60.4 Å². The Morgan fingerprint density at radius 3 is 2.85 bits per heavy atom. The largest absolute Gasteiger partial charge is 0.497 e. The van der Waals surface area contributed by atoms with Gasteiger partial charge >= 0.3 is 0 Å². The molecular weight excluding hydrogens is 338 g/mol. The van der Waals surface area contributed by atoms with Gasteiger partial charge in [-0.15, -0.1) is 6.58 Å². The predicted molar refractivity (Wildman–Crippen MR) is 108 cm³/mol. The second kappa shape index (κ2) is 8.54. The molecule has 5 nitrogen and oxygen atoms in total. The number of carbonyl (C=O) groups excluding carboxylic acids is 1. The molecule has 0 spiro atoms. The Balaban J connectivity index is 1.71. The molecule has 1 aromatic heterocycles. The summed E-state index contributed by atoms with van der Waals surface area (Å²) in [5.74, 6) is 1.81. The van der Waals surface area contributed by atoms with Crippen LogP contribution in [0, 0.1) is 6.92 Å². The second-order valence-electron chi connectivity index (χ2n) is 6.46. The lowest BCUT2D eigenvalue weighted by Crippen LogP contribution is -2.31. The minimum absolute atomic E-state index is 0.0925. The van der Waals surface area contributed by atoms with Gasteiger partial charge in [0.15, 0.2) is 0 Å². The highest BCUT2D eigenvalue weighted by molar-refractivity contribution is 5.78. The van der Waals surface area contributed by atoms with E-state index in [1.165, 1.54) is 0 Å². The monoisotopic (exact) mass is 363 g/mol. The fourth-order valence-corrected chi connectivity index (χ4v) is 3.25. The maximum Gasteiger partial charge on any atom is 0.224 e. The lowest BCUT2D eigenvalue weighted by molar-refractivity contribution is -0.131. The Morgan fingerprint density at radius 2 is 2.07 bits per heavy atom. The van der Waals surface area contributed by atoms with Crippen LogP contribution >= 0.6 is 0 Å². The Labute approximate surface area is 159 Å². The number of rotatable bonds is 8. The number of para-hydroxylation sites is 2. The van der Waals surface area contributed by atoms with Gasteiger partial charge in [-0.1, -0.05) is 30.3 Å². The van der Waals surface area contributed by atoms with Crippen LogP contribution in [0.3, 0.4) is 0 Å². The van der Waals surface area contributed by atoms with Crippen molar-refractivity contribution < 1.29 is 9.53 Å². The lowest BCUT2D eigenvalue weighted by Gasteiger charge is -2.22. The van der Waals surface area contributed by atoms with Crippen molar-refractivity contribution in [3.63, 3.8) is 0 Å². The number of hydrogen-bond donors (Lipinski definition) is 0. The van der Waals surface area contributed by atoms with E-state index >= 15 is 0 Å². The van der Waals surface area contributed by atoms with Crippen LogP contribution in [-0.2, 0) is 17.9 Å². The molecule has 0 aliphatic rings. The summed E-state index contributed by atoms with van der Waals surface area (Å²) >= 11 is 0. The SMILES string of the molecule is C=CCN(Cc1cccc(OC)c1)C(=O)CCn1c(C)nc2ccccc21. The minimum atomic E-state index is 0.0925. The molecule has 27 heavy (non-hydrogen) atoms.